The Labute approximate surface area is 148 Å². The first kappa shape index (κ1) is 17.4. The highest BCUT2D eigenvalue weighted by Gasteiger charge is 2.07. The van der Waals surface area contributed by atoms with Crippen LogP contribution in [0.15, 0.2) is 53.4 Å². The first-order valence-corrected chi connectivity index (χ1v) is 9.62. The molecule has 1 heterocycles. The van der Waals surface area contributed by atoms with Crippen molar-refractivity contribution < 1.29 is 8.42 Å². The number of nitrogens with zero attached hydrogens (tertiary/aromatic N) is 1. The van der Waals surface area contributed by atoms with E-state index in [1.54, 1.807) is 12.1 Å². The smallest absolute Gasteiger partial charge is 0.238 e. The van der Waals surface area contributed by atoms with Gasteiger partial charge in [-0.15, -0.1) is 0 Å². The first-order valence-electron chi connectivity index (χ1n) is 8.07. The summed E-state index contributed by atoms with van der Waals surface area (Å²) >= 11 is 0. The third-order valence-corrected chi connectivity index (χ3v) is 5.15. The van der Waals surface area contributed by atoms with Crippen LogP contribution in [0.2, 0.25) is 0 Å². The SMILES string of the molecule is Cc1cc(NCCc2ccc(S(N)(=O)=O)cc2)nc2c(C)cccc12. The largest absolute Gasteiger partial charge is 0.370 e. The number of fused-ring (bicyclic) bond motifs is 1. The van der Waals surface area contributed by atoms with Crippen molar-refractivity contribution in [1.82, 2.24) is 4.98 Å². The fraction of sp³-hybridized carbons (Fsp3) is 0.211. The molecule has 130 valence electrons. The average Bonchev–Trinajstić information content (AvgIpc) is 2.56. The van der Waals surface area contributed by atoms with Gasteiger partial charge in [0.1, 0.15) is 5.82 Å². The summed E-state index contributed by atoms with van der Waals surface area (Å²) in [4.78, 5) is 4.84. The van der Waals surface area contributed by atoms with Gasteiger partial charge in [-0.2, -0.15) is 0 Å². The Morgan fingerprint density at radius 3 is 2.44 bits per heavy atom. The lowest BCUT2D eigenvalue weighted by atomic mass is 10.1. The molecule has 0 fully saturated rings. The Bertz CT molecular complexity index is 1010. The molecule has 0 bridgehead atoms. The number of primary sulfonamides is 1. The fourth-order valence-electron chi connectivity index (χ4n) is 2.83. The number of hydrogen-bond acceptors (Lipinski definition) is 4. The van der Waals surface area contributed by atoms with Crippen molar-refractivity contribution in [3.63, 3.8) is 0 Å². The molecule has 0 unspecified atom stereocenters. The van der Waals surface area contributed by atoms with Gasteiger partial charge in [-0.3, -0.25) is 0 Å². The number of aryl methyl sites for hydroxylation is 2. The molecule has 0 atom stereocenters. The maximum absolute atomic E-state index is 11.3. The normalized spacial score (nSPS) is 11.6. The van der Waals surface area contributed by atoms with E-state index in [4.69, 9.17) is 10.1 Å². The minimum absolute atomic E-state index is 0.131. The third-order valence-electron chi connectivity index (χ3n) is 4.22. The monoisotopic (exact) mass is 355 g/mol. The number of aromatic nitrogens is 1. The standard InChI is InChI=1S/C19H21N3O2S/c1-13-4-3-5-17-14(2)12-18(22-19(13)17)21-11-10-15-6-8-16(9-7-15)25(20,23)24/h3-9,12H,10-11H2,1-2H3,(H,21,22)(H2,20,23,24). The lowest BCUT2D eigenvalue weighted by Gasteiger charge is -2.10. The van der Waals surface area contributed by atoms with Crippen LogP contribution in [-0.2, 0) is 16.4 Å². The van der Waals surface area contributed by atoms with Crippen molar-refractivity contribution >= 4 is 26.7 Å². The summed E-state index contributed by atoms with van der Waals surface area (Å²) in [6.07, 6.45) is 0.761. The van der Waals surface area contributed by atoms with Crippen molar-refractivity contribution in [3.8, 4) is 0 Å². The number of anilines is 1. The predicted octanol–water partition coefficient (Wildman–Crippen LogP) is 3.15. The summed E-state index contributed by atoms with van der Waals surface area (Å²) in [7, 11) is -3.64. The van der Waals surface area contributed by atoms with Crippen molar-refractivity contribution in [1.29, 1.82) is 0 Å². The molecular formula is C19H21N3O2S. The maximum atomic E-state index is 11.3. The summed E-state index contributed by atoms with van der Waals surface area (Å²) in [6, 6.07) is 14.9. The molecule has 3 aromatic rings. The molecular weight excluding hydrogens is 334 g/mol. The van der Waals surface area contributed by atoms with E-state index in [0.29, 0.717) is 6.54 Å². The first-order chi connectivity index (χ1) is 11.8. The summed E-state index contributed by atoms with van der Waals surface area (Å²) in [5.41, 5.74) is 4.40. The molecule has 25 heavy (non-hydrogen) atoms. The molecule has 0 aliphatic rings. The minimum atomic E-state index is -3.64. The second-order valence-electron chi connectivity index (χ2n) is 6.16. The minimum Gasteiger partial charge on any atom is -0.370 e. The molecule has 0 saturated carbocycles. The Morgan fingerprint density at radius 1 is 1.04 bits per heavy atom. The summed E-state index contributed by atoms with van der Waals surface area (Å²) < 4.78 is 22.5. The number of benzene rings is 2. The number of para-hydroxylation sites is 1. The van der Waals surface area contributed by atoms with Crippen LogP contribution in [0.25, 0.3) is 10.9 Å². The number of rotatable bonds is 5. The predicted molar refractivity (Wildman–Crippen MR) is 101 cm³/mol. The highest BCUT2D eigenvalue weighted by atomic mass is 32.2. The Hall–Kier alpha value is -2.44. The lowest BCUT2D eigenvalue weighted by Crippen LogP contribution is -2.12. The second-order valence-corrected chi connectivity index (χ2v) is 7.72. The zero-order valence-electron chi connectivity index (χ0n) is 14.3. The van der Waals surface area contributed by atoms with E-state index in [1.807, 2.05) is 12.1 Å². The molecule has 0 aliphatic carbocycles. The topological polar surface area (TPSA) is 85.1 Å². The molecule has 0 radical (unpaired) electrons. The number of nitrogens with one attached hydrogen (secondary N) is 1. The molecule has 0 aliphatic heterocycles. The maximum Gasteiger partial charge on any atom is 0.238 e. The summed E-state index contributed by atoms with van der Waals surface area (Å²) in [5.74, 6) is 0.848. The zero-order chi connectivity index (χ0) is 18.0. The van der Waals surface area contributed by atoms with Gasteiger partial charge in [0.25, 0.3) is 0 Å². The van der Waals surface area contributed by atoms with Crippen LogP contribution in [0.5, 0.6) is 0 Å². The number of pyridine rings is 1. The van der Waals surface area contributed by atoms with Gasteiger partial charge in [-0.05, 0) is 55.2 Å². The van der Waals surface area contributed by atoms with E-state index in [0.717, 1.165) is 28.9 Å². The van der Waals surface area contributed by atoms with Crippen LogP contribution in [0, 0.1) is 13.8 Å². The molecule has 2 aromatic carbocycles. The molecule has 3 rings (SSSR count). The molecule has 1 aromatic heterocycles. The van der Waals surface area contributed by atoms with E-state index < -0.39 is 10.0 Å². The highest BCUT2D eigenvalue weighted by molar-refractivity contribution is 7.89. The third kappa shape index (κ3) is 3.97. The van der Waals surface area contributed by atoms with Gasteiger partial charge in [-0.25, -0.2) is 18.5 Å². The number of hydrogen-bond donors (Lipinski definition) is 2. The Balaban J connectivity index is 1.70. The molecule has 0 amide bonds. The van der Waals surface area contributed by atoms with E-state index in [2.05, 4.69) is 31.3 Å². The van der Waals surface area contributed by atoms with Gasteiger partial charge in [-0.1, -0.05) is 30.3 Å². The van der Waals surface area contributed by atoms with Gasteiger partial charge < -0.3 is 5.32 Å². The van der Waals surface area contributed by atoms with Gasteiger partial charge in [0, 0.05) is 11.9 Å². The molecule has 5 nitrogen and oxygen atoms in total. The molecule has 6 heteroatoms. The Morgan fingerprint density at radius 2 is 1.76 bits per heavy atom. The van der Waals surface area contributed by atoms with Crippen LogP contribution >= 0.6 is 0 Å². The van der Waals surface area contributed by atoms with Crippen molar-refractivity contribution in [2.75, 3.05) is 11.9 Å². The van der Waals surface area contributed by atoms with Crippen LogP contribution in [0.4, 0.5) is 5.82 Å². The molecule has 0 spiro atoms. The second kappa shape index (κ2) is 6.82. The lowest BCUT2D eigenvalue weighted by molar-refractivity contribution is 0.598. The number of nitrogens with two attached hydrogens (primary N) is 1. The van der Waals surface area contributed by atoms with Gasteiger partial charge in [0.15, 0.2) is 0 Å². The zero-order valence-corrected chi connectivity index (χ0v) is 15.1. The van der Waals surface area contributed by atoms with Crippen LogP contribution < -0.4 is 10.5 Å². The van der Waals surface area contributed by atoms with E-state index >= 15 is 0 Å². The van der Waals surface area contributed by atoms with Crippen molar-refractivity contribution in [3.05, 3.63) is 65.2 Å². The van der Waals surface area contributed by atoms with Crippen LogP contribution in [0.3, 0.4) is 0 Å². The Kier molecular flexibility index (Phi) is 4.74. The average molecular weight is 355 g/mol. The van der Waals surface area contributed by atoms with E-state index in [9.17, 15) is 8.42 Å². The van der Waals surface area contributed by atoms with Crippen LogP contribution in [0.1, 0.15) is 16.7 Å². The fourth-order valence-corrected chi connectivity index (χ4v) is 3.35. The quantitative estimate of drug-likeness (QED) is 0.736. The molecule has 0 saturated heterocycles. The highest BCUT2D eigenvalue weighted by Crippen LogP contribution is 2.22. The van der Waals surface area contributed by atoms with Gasteiger partial charge in [0.05, 0.1) is 10.4 Å². The summed E-state index contributed by atoms with van der Waals surface area (Å²) in [6.45, 7) is 4.85. The van der Waals surface area contributed by atoms with Crippen molar-refractivity contribution in [2.45, 2.75) is 25.2 Å². The van der Waals surface area contributed by atoms with Crippen LogP contribution in [-0.4, -0.2) is 19.9 Å². The van der Waals surface area contributed by atoms with Gasteiger partial charge in [0.2, 0.25) is 10.0 Å². The van der Waals surface area contributed by atoms with E-state index in [-0.39, 0.29) is 4.90 Å². The summed E-state index contributed by atoms with van der Waals surface area (Å²) in [5, 5.41) is 9.62. The number of sulfonamides is 1. The van der Waals surface area contributed by atoms with Gasteiger partial charge >= 0.3 is 0 Å². The molecule has 3 N–H and O–H groups in total. The van der Waals surface area contributed by atoms with E-state index in [1.165, 1.54) is 23.1 Å². The van der Waals surface area contributed by atoms with Crippen molar-refractivity contribution in [2.24, 2.45) is 5.14 Å².